The van der Waals surface area contributed by atoms with Gasteiger partial charge in [0.05, 0.1) is 0 Å². The maximum absolute atomic E-state index is 4.39. The Morgan fingerprint density at radius 2 is 2.50 bits per heavy atom. The van der Waals surface area contributed by atoms with Crippen LogP contribution in [-0.4, -0.2) is 4.98 Å². The van der Waals surface area contributed by atoms with Gasteiger partial charge in [-0.1, -0.05) is 19.4 Å². The lowest BCUT2D eigenvalue weighted by Crippen LogP contribution is -2.14. The van der Waals surface area contributed by atoms with Crippen LogP contribution in [0.25, 0.3) is 0 Å². The Morgan fingerprint density at radius 3 is 3.33 bits per heavy atom. The molecule has 0 aromatic carbocycles. The van der Waals surface area contributed by atoms with E-state index in [-0.39, 0.29) is 0 Å². The van der Waals surface area contributed by atoms with Gasteiger partial charge in [-0.2, -0.15) is 0 Å². The topological polar surface area (TPSA) is 12.9 Å². The summed E-state index contributed by atoms with van der Waals surface area (Å²) in [4.78, 5) is 4.39. The molecule has 0 saturated heterocycles. The summed E-state index contributed by atoms with van der Waals surface area (Å²) in [6.07, 6.45) is 6.99. The fourth-order valence-corrected chi connectivity index (χ4v) is 1.98. The number of pyridine rings is 1. The van der Waals surface area contributed by atoms with Crippen molar-refractivity contribution >= 4 is 0 Å². The van der Waals surface area contributed by atoms with E-state index in [9.17, 15) is 0 Å². The van der Waals surface area contributed by atoms with Gasteiger partial charge in [-0.3, -0.25) is 4.98 Å². The summed E-state index contributed by atoms with van der Waals surface area (Å²) in [5.41, 5.74) is 2.82. The zero-order valence-corrected chi connectivity index (χ0v) is 7.59. The molecule has 1 heteroatoms. The molecule has 1 unspecified atom stereocenters. The fourth-order valence-electron chi connectivity index (χ4n) is 1.98. The summed E-state index contributed by atoms with van der Waals surface area (Å²) >= 11 is 0. The van der Waals surface area contributed by atoms with E-state index in [1.165, 1.54) is 36.9 Å². The molecule has 0 fully saturated rings. The second-order valence-electron chi connectivity index (χ2n) is 3.63. The molecule has 1 aliphatic rings. The molecule has 2 rings (SSSR count). The van der Waals surface area contributed by atoms with Crippen LogP contribution in [0.5, 0.6) is 0 Å². The van der Waals surface area contributed by atoms with Crippen LogP contribution in [0.4, 0.5) is 0 Å². The highest BCUT2D eigenvalue weighted by atomic mass is 14.7. The first-order valence-electron chi connectivity index (χ1n) is 4.83. The Morgan fingerprint density at radius 1 is 1.58 bits per heavy atom. The molecule has 1 aromatic rings. The lowest BCUT2D eigenvalue weighted by atomic mass is 9.85. The summed E-state index contributed by atoms with van der Waals surface area (Å²) < 4.78 is 0. The number of hydrogen-bond acceptors (Lipinski definition) is 1. The van der Waals surface area contributed by atoms with Crippen molar-refractivity contribution in [2.45, 2.75) is 32.6 Å². The molecule has 1 heterocycles. The molecule has 12 heavy (non-hydrogen) atoms. The zero-order valence-electron chi connectivity index (χ0n) is 7.59. The first-order chi connectivity index (χ1) is 5.90. The second-order valence-corrected chi connectivity index (χ2v) is 3.63. The van der Waals surface area contributed by atoms with Crippen LogP contribution >= 0.6 is 0 Å². The maximum atomic E-state index is 4.39. The van der Waals surface area contributed by atoms with Gasteiger partial charge < -0.3 is 0 Å². The first-order valence-corrected chi connectivity index (χ1v) is 4.83. The molecule has 1 nitrogen and oxygen atoms in total. The lowest BCUT2D eigenvalue weighted by molar-refractivity contribution is 0.440. The third-order valence-electron chi connectivity index (χ3n) is 2.86. The number of rotatable bonds is 1. The summed E-state index contributed by atoms with van der Waals surface area (Å²) in [6, 6.07) is 4.28. The molecular weight excluding hydrogens is 146 g/mol. The predicted octanol–water partition coefficient (Wildman–Crippen LogP) is 2.60. The molecule has 0 saturated carbocycles. The van der Waals surface area contributed by atoms with Crippen LogP contribution < -0.4 is 0 Å². The van der Waals surface area contributed by atoms with Crippen LogP contribution in [0.15, 0.2) is 18.3 Å². The third-order valence-corrected chi connectivity index (χ3v) is 2.86. The molecular formula is C11H15N. The zero-order chi connectivity index (χ0) is 8.39. The van der Waals surface area contributed by atoms with Gasteiger partial charge in [0.15, 0.2) is 0 Å². The Balaban J connectivity index is 2.23. The fraction of sp³-hybridized carbons (Fsp3) is 0.545. The van der Waals surface area contributed by atoms with Crippen molar-refractivity contribution in [3.05, 3.63) is 29.6 Å². The van der Waals surface area contributed by atoms with Gasteiger partial charge in [0.2, 0.25) is 0 Å². The van der Waals surface area contributed by atoms with Crippen LogP contribution in [-0.2, 0) is 12.8 Å². The summed E-state index contributed by atoms with van der Waals surface area (Å²) in [5.74, 6) is 0.904. The highest BCUT2D eigenvalue weighted by Gasteiger charge is 2.16. The predicted molar refractivity (Wildman–Crippen MR) is 50.0 cm³/mol. The van der Waals surface area contributed by atoms with E-state index in [1.54, 1.807) is 0 Å². The van der Waals surface area contributed by atoms with Crippen molar-refractivity contribution in [1.82, 2.24) is 4.98 Å². The molecule has 0 aliphatic heterocycles. The van der Waals surface area contributed by atoms with Crippen LogP contribution in [0, 0.1) is 5.92 Å². The summed E-state index contributed by atoms with van der Waals surface area (Å²) in [7, 11) is 0. The molecule has 0 radical (unpaired) electrons. The maximum Gasteiger partial charge on any atom is 0.0435 e. The first kappa shape index (κ1) is 7.78. The molecule has 64 valence electrons. The van der Waals surface area contributed by atoms with Gasteiger partial charge in [0.1, 0.15) is 0 Å². The molecule has 1 aromatic heterocycles. The number of fused-ring (bicyclic) bond motifs is 1. The van der Waals surface area contributed by atoms with Crippen molar-refractivity contribution in [1.29, 1.82) is 0 Å². The highest BCUT2D eigenvalue weighted by molar-refractivity contribution is 5.22. The minimum atomic E-state index is 0.904. The van der Waals surface area contributed by atoms with E-state index >= 15 is 0 Å². The monoisotopic (exact) mass is 161 g/mol. The van der Waals surface area contributed by atoms with Gasteiger partial charge >= 0.3 is 0 Å². The van der Waals surface area contributed by atoms with Crippen LogP contribution in [0.1, 0.15) is 31.0 Å². The van der Waals surface area contributed by atoms with E-state index < -0.39 is 0 Å². The number of aryl methyl sites for hydroxylation is 1. The van der Waals surface area contributed by atoms with Gasteiger partial charge in [-0.25, -0.2) is 0 Å². The van der Waals surface area contributed by atoms with Gasteiger partial charge in [-0.15, -0.1) is 0 Å². The van der Waals surface area contributed by atoms with E-state index in [0.29, 0.717) is 0 Å². The molecule has 0 bridgehead atoms. The van der Waals surface area contributed by atoms with Gasteiger partial charge in [0, 0.05) is 11.9 Å². The van der Waals surface area contributed by atoms with Crippen LogP contribution in [0.2, 0.25) is 0 Å². The summed E-state index contributed by atoms with van der Waals surface area (Å²) in [6.45, 7) is 2.28. The Kier molecular flexibility index (Phi) is 2.11. The van der Waals surface area contributed by atoms with Crippen molar-refractivity contribution in [2.24, 2.45) is 5.92 Å². The van der Waals surface area contributed by atoms with Crippen LogP contribution in [0.3, 0.4) is 0 Å². The number of aromatic nitrogens is 1. The summed E-state index contributed by atoms with van der Waals surface area (Å²) in [5, 5.41) is 0. The normalized spacial score (nSPS) is 21.9. The van der Waals surface area contributed by atoms with E-state index in [4.69, 9.17) is 0 Å². The quantitative estimate of drug-likeness (QED) is 0.617. The SMILES string of the molecule is CCC1CCc2ncccc2C1. The molecule has 0 N–H and O–H groups in total. The van der Waals surface area contributed by atoms with Crippen molar-refractivity contribution in [3.63, 3.8) is 0 Å². The number of hydrogen-bond donors (Lipinski definition) is 0. The van der Waals surface area contributed by atoms with Gasteiger partial charge in [-0.05, 0) is 36.8 Å². The molecule has 0 spiro atoms. The second kappa shape index (κ2) is 3.26. The smallest absolute Gasteiger partial charge is 0.0435 e. The minimum Gasteiger partial charge on any atom is -0.261 e. The Bertz CT molecular complexity index is 267. The molecule has 0 amide bonds. The average Bonchev–Trinajstić information content (AvgIpc) is 2.17. The number of nitrogens with zero attached hydrogens (tertiary/aromatic N) is 1. The lowest BCUT2D eigenvalue weighted by Gasteiger charge is -2.22. The van der Waals surface area contributed by atoms with Gasteiger partial charge in [0.25, 0.3) is 0 Å². The van der Waals surface area contributed by atoms with Crippen molar-refractivity contribution in [2.75, 3.05) is 0 Å². The van der Waals surface area contributed by atoms with E-state index in [1.807, 2.05) is 6.20 Å². The largest absolute Gasteiger partial charge is 0.261 e. The third kappa shape index (κ3) is 1.36. The standard InChI is InChI=1S/C11H15N/c1-2-9-5-6-11-10(8-9)4-3-7-12-11/h3-4,7,9H,2,5-6,8H2,1H3. The molecule has 1 aliphatic carbocycles. The van der Waals surface area contributed by atoms with Crippen molar-refractivity contribution in [3.8, 4) is 0 Å². The Hall–Kier alpha value is -0.850. The van der Waals surface area contributed by atoms with E-state index in [0.717, 1.165) is 5.92 Å². The molecule has 1 atom stereocenters. The highest BCUT2D eigenvalue weighted by Crippen LogP contribution is 2.25. The average molecular weight is 161 g/mol. The minimum absolute atomic E-state index is 0.904. The van der Waals surface area contributed by atoms with E-state index in [2.05, 4.69) is 24.0 Å². The Labute approximate surface area is 73.8 Å². The van der Waals surface area contributed by atoms with Crippen molar-refractivity contribution < 1.29 is 0 Å².